The Morgan fingerprint density at radius 2 is 1.52 bits per heavy atom. The molecular weight excluding hydrogens is 332 g/mol. The van der Waals surface area contributed by atoms with Gasteiger partial charge in [0, 0.05) is 35.4 Å². The van der Waals surface area contributed by atoms with Crippen LogP contribution < -0.4 is 10.6 Å². The van der Waals surface area contributed by atoms with Crippen molar-refractivity contribution < 1.29 is 9.59 Å². The van der Waals surface area contributed by atoms with Gasteiger partial charge in [-0.3, -0.25) is 9.59 Å². The van der Waals surface area contributed by atoms with Gasteiger partial charge in [0.2, 0.25) is 11.8 Å². The van der Waals surface area contributed by atoms with E-state index in [2.05, 4.69) is 48.7 Å². The summed E-state index contributed by atoms with van der Waals surface area (Å²) in [5.41, 5.74) is 2.09. The first-order valence-electron chi connectivity index (χ1n) is 8.36. The molecule has 0 spiro atoms. The molecule has 0 aliphatic carbocycles. The van der Waals surface area contributed by atoms with E-state index >= 15 is 0 Å². The zero-order chi connectivity index (χ0) is 18.2. The summed E-state index contributed by atoms with van der Waals surface area (Å²) in [5, 5.41) is 5.43. The number of amides is 2. The molecule has 2 aromatic carbocycles. The van der Waals surface area contributed by atoms with E-state index in [1.807, 2.05) is 24.3 Å². The fraction of sp³-hybridized carbons (Fsp3) is 0.300. The van der Waals surface area contributed by atoms with Gasteiger partial charge in [0.25, 0.3) is 0 Å². The summed E-state index contributed by atoms with van der Waals surface area (Å²) in [5.74, 6) is 0.293. The van der Waals surface area contributed by atoms with Crippen molar-refractivity contribution in [2.45, 2.75) is 42.9 Å². The third-order valence-electron chi connectivity index (χ3n) is 3.65. The van der Waals surface area contributed by atoms with Gasteiger partial charge in [-0.25, -0.2) is 0 Å². The van der Waals surface area contributed by atoms with Crippen molar-refractivity contribution in [3.8, 4) is 0 Å². The molecule has 0 atom stereocenters. The van der Waals surface area contributed by atoms with Crippen molar-refractivity contribution in [3.63, 3.8) is 0 Å². The third kappa shape index (κ3) is 6.63. The Morgan fingerprint density at radius 3 is 2.04 bits per heavy atom. The van der Waals surface area contributed by atoms with Gasteiger partial charge in [0.05, 0.1) is 0 Å². The summed E-state index contributed by atoms with van der Waals surface area (Å²) in [6.45, 7) is 6.16. The Morgan fingerprint density at radius 1 is 0.960 bits per heavy atom. The van der Waals surface area contributed by atoms with Gasteiger partial charge in [-0.05, 0) is 47.9 Å². The first-order valence-corrected chi connectivity index (χ1v) is 9.18. The molecule has 2 rings (SSSR count). The first-order chi connectivity index (χ1) is 11.9. The number of carbonyl (C=O) groups is 2. The molecule has 0 radical (unpaired) electrons. The molecule has 4 nitrogen and oxygen atoms in total. The minimum absolute atomic E-state index is 0.113. The van der Waals surface area contributed by atoms with Gasteiger partial charge in [-0.1, -0.05) is 37.7 Å². The lowest BCUT2D eigenvalue weighted by atomic mass is 10.0. The minimum Gasteiger partial charge on any atom is -0.356 e. The second kappa shape index (κ2) is 9.28. The van der Waals surface area contributed by atoms with E-state index < -0.39 is 0 Å². The van der Waals surface area contributed by atoms with Crippen LogP contribution in [0.1, 0.15) is 38.7 Å². The molecule has 0 saturated carbocycles. The molecule has 0 heterocycles. The average molecular weight is 356 g/mol. The van der Waals surface area contributed by atoms with E-state index in [-0.39, 0.29) is 18.2 Å². The summed E-state index contributed by atoms with van der Waals surface area (Å²) in [7, 11) is 0. The molecule has 2 N–H and O–H groups in total. The number of carbonyl (C=O) groups excluding carboxylic acids is 2. The summed E-state index contributed by atoms with van der Waals surface area (Å²) < 4.78 is 0. The number of rotatable bonds is 7. The fourth-order valence-corrected chi connectivity index (χ4v) is 3.06. The number of nitrogens with one attached hydrogen (secondary N) is 2. The number of benzene rings is 2. The predicted molar refractivity (Wildman–Crippen MR) is 103 cm³/mol. The van der Waals surface area contributed by atoms with Crippen molar-refractivity contribution in [2.24, 2.45) is 0 Å². The molecule has 0 saturated heterocycles. The Balaban J connectivity index is 1.86. The number of anilines is 1. The number of hydrogen-bond donors (Lipinski definition) is 2. The van der Waals surface area contributed by atoms with E-state index in [4.69, 9.17) is 0 Å². The van der Waals surface area contributed by atoms with Crippen molar-refractivity contribution >= 4 is 29.3 Å². The second-order valence-electron chi connectivity index (χ2n) is 6.13. The molecule has 0 unspecified atom stereocenters. The average Bonchev–Trinajstić information content (AvgIpc) is 2.57. The molecule has 0 aliphatic heterocycles. The van der Waals surface area contributed by atoms with Crippen LogP contribution >= 0.6 is 11.8 Å². The molecule has 5 heteroatoms. The topological polar surface area (TPSA) is 58.2 Å². The molecule has 0 fully saturated rings. The fourth-order valence-electron chi connectivity index (χ4n) is 2.24. The van der Waals surface area contributed by atoms with Crippen LogP contribution in [0.15, 0.2) is 58.3 Å². The third-order valence-corrected chi connectivity index (χ3v) is 4.66. The van der Waals surface area contributed by atoms with Crippen LogP contribution in [0.5, 0.6) is 0 Å². The van der Waals surface area contributed by atoms with Crippen LogP contribution in [0.25, 0.3) is 0 Å². The van der Waals surface area contributed by atoms with Crippen LogP contribution in [0, 0.1) is 0 Å². The Kier molecular flexibility index (Phi) is 7.07. The highest BCUT2D eigenvalue weighted by molar-refractivity contribution is 7.99. The Bertz CT molecular complexity index is 709. The smallest absolute Gasteiger partial charge is 0.226 e. The predicted octanol–water partition coefficient (Wildman–Crippen LogP) is 4.43. The molecule has 0 bridgehead atoms. The van der Waals surface area contributed by atoms with Crippen molar-refractivity contribution in [3.05, 3.63) is 54.1 Å². The number of hydrogen-bond acceptors (Lipinski definition) is 3. The van der Waals surface area contributed by atoms with E-state index in [0.717, 1.165) is 10.6 Å². The monoisotopic (exact) mass is 356 g/mol. The molecular formula is C20H24N2O2S. The van der Waals surface area contributed by atoms with Crippen molar-refractivity contribution in [2.75, 3.05) is 11.9 Å². The maximum absolute atomic E-state index is 11.8. The van der Waals surface area contributed by atoms with Crippen LogP contribution in [0.3, 0.4) is 0 Å². The summed E-state index contributed by atoms with van der Waals surface area (Å²) >= 11 is 1.69. The lowest BCUT2D eigenvalue weighted by Crippen LogP contribution is -2.25. The quantitative estimate of drug-likeness (QED) is 0.772. The van der Waals surface area contributed by atoms with E-state index in [1.54, 1.807) is 11.8 Å². The SMILES string of the molecule is CC(=O)NCCC(=O)Nc1ccc(Sc2ccc(C(C)C)cc2)cc1. The van der Waals surface area contributed by atoms with Crippen LogP contribution in [0.2, 0.25) is 0 Å². The lowest BCUT2D eigenvalue weighted by Gasteiger charge is -2.08. The zero-order valence-corrected chi connectivity index (χ0v) is 15.7. The van der Waals surface area contributed by atoms with E-state index in [1.165, 1.54) is 17.4 Å². The zero-order valence-electron chi connectivity index (χ0n) is 14.8. The minimum atomic E-state index is -0.129. The normalized spacial score (nSPS) is 10.6. The lowest BCUT2D eigenvalue weighted by molar-refractivity contribution is -0.119. The van der Waals surface area contributed by atoms with E-state index in [0.29, 0.717) is 12.5 Å². The first kappa shape index (κ1) is 19.1. The van der Waals surface area contributed by atoms with Gasteiger partial charge >= 0.3 is 0 Å². The largest absolute Gasteiger partial charge is 0.356 e. The Labute approximate surface area is 153 Å². The van der Waals surface area contributed by atoms with Crippen molar-refractivity contribution in [1.29, 1.82) is 0 Å². The van der Waals surface area contributed by atoms with Crippen molar-refractivity contribution in [1.82, 2.24) is 5.32 Å². The highest BCUT2D eigenvalue weighted by Crippen LogP contribution is 2.29. The summed E-state index contributed by atoms with van der Waals surface area (Å²) in [6, 6.07) is 16.4. The van der Waals surface area contributed by atoms with Gasteiger partial charge in [0.1, 0.15) is 0 Å². The molecule has 0 aliphatic rings. The van der Waals surface area contributed by atoms with Gasteiger partial charge in [-0.2, -0.15) is 0 Å². The van der Waals surface area contributed by atoms with Crippen LogP contribution in [0.4, 0.5) is 5.69 Å². The Hall–Kier alpha value is -2.27. The molecule has 132 valence electrons. The molecule has 0 aromatic heterocycles. The molecule has 2 amide bonds. The van der Waals surface area contributed by atoms with Gasteiger partial charge < -0.3 is 10.6 Å². The summed E-state index contributed by atoms with van der Waals surface area (Å²) in [6.07, 6.45) is 0.262. The molecule has 25 heavy (non-hydrogen) atoms. The van der Waals surface area contributed by atoms with E-state index in [9.17, 15) is 9.59 Å². The highest BCUT2D eigenvalue weighted by atomic mass is 32.2. The standard InChI is InChI=1S/C20H24N2O2S/c1-14(2)16-4-8-18(9-5-16)25-19-10-6-17(7-11-19)22-20(24)12-13-21-15(3)23/h4-11,14H,12-13H2,1-3H3,(H,21,23)(H,22,24). The highest BCUT2D eigenvalue weighted by Gasteiger charge is 2.04. The maximum Gasteiger partial charge on any atom is 0.226 e. The summed E-state index contributed by atoms with van der Waals surface area (Å²) in [4.78, 5) is 24.9. The second-order valence-corrected chi connectivity index (χ2v) is 7.28. The maximum atomic E-state index is 11.8. The van der Waals surface area contributed by atoms with Gasteiger partial charge in [0.15, 0.2) is 0 Å². The molecule has 2 aromatic rings. The van der Waals surface area contributed by atoms with Gasteiger partial charge in [-0.15, -0.1) is 0 Å². The van der Waals surface area contributed by atoms with Crippen LogP contribution in [-0.4, -0.2) is 18.4 Å². The van der Waals surface area contributed by atoms with Crippen LogP contribution in [-0.2, 0) is 9.59 Å².